The molecule has 0 spiro atoms. The zero-order chi connectivity index (χ0) is 17.0. The first-order valence-electron chi connectivity index (χ1n) is 7.34. The predicted octanol–water partition coefficient (Wildman–Crippen LogP) is 4.33. The highest BCUT2D eigenvalue weighted by molar-refractivity contribution is 6.42. The van der Waals surface area contributed by atoms with E-state index in [1.165, 1.54) is 5.56 Å². The number of carbonyl (C=O) groups is 1. The molecule has 23 heavy (non-hydrogen) atoms. The second-order valence-electron chi connectivity index (χ2n) is 5.73. The van der Waals surface area contributed by atoms with Crippen molar-refractivity contribution in [2.24, 2.45) is 0 Å². The standard InChI is InChI=1S/C18H20Cl2N2O/c1-12-4-6-13(7-5-12)17(22(2)3)11-21-18(23)14-8-9-15(19)16(20)10-14/h4-10,17H,11H2,1-3H3,(H,21,23). The Kier molecular flexibility index (Phi) is 6.05. The number of likely N-dealkylation sites (N-methyl/N-ethyl adjacent to an activating group) is 1. The summed E-state index contributed by atoms with van der Waals surface area (Å²) in [5, 5.41) is 3.77. The maximum absolute atomic E-state index is 12.3. The van der Waals surface area contributed by atoms with E-state index in [0.29, 0.717) is 22.2 Å². The van der Waals surface area contributed by atoms with Gasteiger partial charge < -0.3 is 10.2 Å². The molecule has 0 radical (unpaired) electrons. The van der Waals surface area contributed by atoms with Gasteiger partial charge in [0.1, 0.15) is 0 Å². The molecule has 0 saturated carbocycles. The van der Waals surface area contributed by atoms with Crippen molar-refractivity contribution in [3.05, 3.63) is 69.2 Å². The molecule has 0 aromatic heterocycles. The number of aryl methyl sites for hydroxylation is 1. The van der Waals surface area contributed by atoms with Crippen molar-refractivity contribution in [3.63, 3.8) is 0 Å². The largest absolute Gasteiger partial charge is 0.350 e. The fourth-order valence-electron chi connectivity index (χ4n) is 2.32. The molecule has 1 N–H and O–H groups in total. The van der Waals surface area contributed by atoms with Crippen LogP contribution in [0.5, 0.6) is 0 Å². The lowest BCUT2D eigenvalue weighted by Crippen LogP contribution is -2.34. The van der Waals surface area contributed by atoms with Gasteiger partial charge in [0.05, 0.1) is 16.1 Å². The average Bonchev–Trinajstić information content (AvgIpc) is 2.51. The number of benzene rings is 2. The molecule has 1 amide bonds. The number of halogens is 2. The van der Waals surface area contributed by atoms with Crippen molar-refractivity contribution in [2.75, 3.05) is 20.6 Å². The molecule has 0 aliphatic carbocycles. The van der Waals surface area contributed by atoms with E-state index < -0.39 is 0 Å². The third-order valence-electron chi connectivity index (χ3n) is 3.72. The fraction of sp³-hybridized carbons (Fsp3) is 0.278. The summed E-state index contributed by atoms with van der Waals surface area (Å²) < 4.78 is 0. The van der Waals surface area contributed by atoms with Gasteiger partial charge >= 0.3 is 0 Å². The van der Waals surface area contributed by atoms with Crippen molar-refractivity contribution >= 4 is 29.1 Å². The number of hydrogen-bond acceptors (Lipinski definition) is 2. The van der Waals surface area contributed by atoms with Gasteiger partial charge in [-0.05, 0) is 44.8 Å². The maximum Gasteiger partial charge on any atom is 0.251 e. The minimum atomic E-state index is -0.164. The van der Waals surface area contributed by atoms with Gasteiger partial charge in [0.25, 0.3) is 5.91 Å². The molecule has 0 aliphatic heterocycles. The number of hydrogen-bond donors (Lipinski definition) is 1. The van der Waals surface area contributed by atoms with E-state index >= 15 is 0 Å². The Bertz CT molecular complexity index is 684. The first kappa shape index (κ1) is 17.8. The Hall–Kier alpha value is -1.55. The molecule has 0 saturated heterocycles. The van der Waals surface area contributed by atoms with Crippen molar-refractivity contribution in [1.29, 1.82) is 0 Å². The molecular formula is C18H20Cl2N2O. The van der Waals surface area contributed by atoms with Crippen LogP contribution in [-0.4, -0.2) is 31.4 Å². The summed E-state index contributed by atoms with van der Waals surface area (Å²) in [5.74, 6) is -0.164. The molecule has 2 rings (SSSR count). The Balaban J connectivity index is 2.07. The molecule has 5 heteroatoms. The smallest absolute Gasteiger partial charge is 0.251 e. The van der Waals surface area contributed by atoms with Gasteiger partial charge in [-0.3, -0.25) is 4.79 Å². The number of nitrogens with one attached hydrogen (secondary N) is 1. The molecule has 2 aromatic rings. The molecular weight excluding hydrogens is 331 g/mol. The lowest BCUT2D eigenvalue weighted by atomic mass is 10.0. The molecule has 0 fully saturated rings. The number of nitrogens with zero attached hydrogens (tertiary/aromatic N) is 1. The Labute approximate surface area is 147 Å². The third kappa shape index (κ3) is 4.71. The number of rotatable bonds is 5. The number of carbonyl (C=O) groups excluding carboxylic acids is 1. The summed E-state index contributed by atoms with van der Waals surface area (Å²) in [6.07, 6.45) is 0. The van der Waals surface area contributed by atoms with Crippen LogP contribution in [-0.2, 0) is 0 Å². The third-order valence-corrected chi connectivity index (χ3v) is 4.46. The van der Waals surface area contributed by atoms with Gasteiger partial charge in [-0.2, -0.15) is 0 Å². The Morgan fingerprint density at radius 2 is 1.74 bits per heavy atom. The molecule has 2 aromatic carbocycles. The second kappa shape index (κ2) is 7.82. The first-order valence-corrected chi connectivity index (χ1v) is 8.10. The predicted molar refractivity (Wildman–Crippen MR) is 96.4 cm³/mol. The highest BCUT2D eigenvalue weighted by atomic mass is 35.5. The lowest BCUT2D eigenvalue weighted by molar-refractivity contribution is 0.0942. The van der Waals surface area contributed by atoms with Crippen molar-refractivity contribution in [1.82, 2.24) is 10.2 Å². The highest BCUT2D eigenvalue weighted by Crippen LogP contribution is 2.23. The molecule has 122 valence electrons. The normalized spacial score (nSPS) is 12.3. The topological polar surface area (TPSA) is 32.3 Å². The van der Waals surface area contributed by atoms with Crippen molar-refractivity contribution < 1.29 is 4.79 Å². The van der Waals surface area contributed by atoms with Crippen molar-refractivity contribution in [2.45, 2.75) is 13.0 Å². The molecule has 1 atom stereocenters. The van der Waals surface area contributed by atoms with E-state index in [0.717, 1.165) is 5.56 Å². The minimum absolute atomic E-state index is 0.0994. The van der Waals surface area contributed by atoms with Gasteiger partial charge in [0.2, 0.25) is 0 Å². The Morgan fingerprint density at radius 1 is 1.09 bits per heavy atom. The zero-order valence-electron chi connectivity index (χ0n) is 13.4. The van der Waals surface area contributed by atoms with Crippen LogP contribution in [0.15, 0.2) is 42.5 Å². The van der Waals surface area contributed by atoms with E-state index in [9.17, 15) is 4.79 Å². The maximum atomic E-state index is 12.3. The SMILES string of the molecule is Cc1ccc(C(CNC(=O)c2ccc(Cl)c(Cl)c2)N(C)C)cc1. The van der Waals surface area contributed by atoms with Gasteiger partial charge in [0, 0.05) is 12.1 Å². The van der Waals surface area contributed by atoms with Gasteiger partial charge in [-0.1, -0.05) is 53.0 Å². The van der Waals surface area contributed by atoms with Gasteiger partial charge in [-0.25, -0.2) is 0 Å². The van der Waals surface area contributed by atoms with E-state index in [1.807, 2.05) is 14.1 Å². The molecule has 3 nitrogen and oxygen atoms in total. The Morgan fingerprint density at radius 3 is 2.30 bits per heavy atom. The molecule has 0 heterocycles. The summed E-state index contributed by atoms with van der Waals surface area (Å²) in [7, 11) is 3.99. The quantitative estimate of drug-likeness (QED) is 0.869. The monoisotopic (exact) mass is 350 g/mol. The summed E-state index contributed by atoms with van der Waals surface area (Å²) >= 11 is 11.8. The average molecular weight is 351 g/mol. The van der Waals surface area contributed by atoms with E-state index in [2.05, 4.69) is 41.4 Å². The summed E-state index contributed by atoms with van der Waals surface area (Å²) in [4.78, 5) is 14.4. The van der Waals surface area contributed by atoms with Gasteiger partial charge in [-0.15, -0.1) is 0 Å². The molecule has 1 unspecified atom stereocenters. The molecule has 0 aliphatic rings. The molecule has 0 bridgehead atoms. The van der Waals surface area contributed by atoms with Crippen molar-refractivity contribution in [3.8, 4) is 0 Å². The fourth-order valence-corrected chi connectivity index (χ4v) is 2.61. The van der Waals surface area contributed by atoms with E-state index in [-0.39, 0.29) is 11.9 Å². The summed E-state index contributed by atoms with van der Waals surface area (Å²) in [6, 6.07) is 13.3. The summed E-state index contributed by atoms with van der Waals surface area (Å²) in [6.45, 7) is 2.57. The zero-order valence-corrected chi connectivity index (χ0v) is 14.9. The summed E-state index contributed by atoms with van der Waals surface area (Å²) in [5.41, 5.74) is 2.88. The first-order chi connectivity index (χ1) is 10.9. The van der Waals surface area contributed by atoms with E-state index in [4.69, 9.17) is 23.2 Å². The van der Waals surface area contributed by atoms with Crippen LogP contribution in [0.3, 0.4) is 0 Å². The lowest BCUT2D eigenvalue weighted by Gasteiger charge is -2.25. The second-order valence-corrected chi connectivity index (χ2v) is 6.54. The van der Waals surface area contributed by atoms with Crippen LogP contribution >= 0.6 is 23.2 Å². The highest BCUT2D eigenvalue weighted by Gasteiger charge is 2.16. The minimum Gasteiger partial charge on any atom is -0.350 e. The van der Waals surface area contributed by atoms with Gasteiger partial charge in [0.15, 0.2) is 0 Å². The van der Waals surface area contributed by atoms with Crippen LogP contribution in [0.25, 0.3) is 0 Å². The van der Waals surface area contributed by atoms with Crippen LogP contribution in [0.2, 0.25) is 10.0 Å². The van der Waals surface area contributed by atoms with Crippen LogP contribution in [0, 0.1) is 6.92 Å². The van der Waals surface area contributed by atoms with Crippen LogP contribution in [0.4, 0.5) is 0 Å². The van der Waals surface area contributed by atoms with Crippen LogP contribution < -0.4 is 5.32 Å². The van der Waals surface area contributed by atoms with Crippen LogP contribution in [0.1, 0.15) is 27.5 Å². The van der Waals surface area contributed by atoms with E-state index in [1.54, 1.807) is 18.2 Å². The number of amides is 1.